The van der Waals surface area contributed by atoms with Crippen LogP contribution in [0.3, 0.4) is 0 Å². The zero-order chi connectivity index (χ0) is 15.2. The first-order chi connectivity index (χ1) is 9.69. The van der Waals surface area contributed by atoms with Crippen molar-refractivity contribution < 1.29 is 13.8 Å². The predicted molar refractivity (Wildman–Crippen MR) is 86.8 cm³/mol. The van der Waals surface area contributed by atoms with Crippen LogP contribution in [0.15, 0.2) is 0 Å². The van der Waals surface area contributed by atoms with Crippen molar-refractivity contribution in [3.63, 3.8) is 0 Å². The molecule has 0 aromatic rings. The number of rotatable bonds is 14. The third-order valence-corrected chi connectivity index (χ3v) is 4.00. The van der Waals surface area contributed by atoms with Crippen LogP contribution in [0, 0.1) is 5.92 Å². The summed E-state index contributed by atoms with van der Waals surface area (Å²) < 4.78 is 13.4. The molecule has 0 amide bonds. The molecule has 0 rings (SSSR count). The number of hydrogen-bond acceptors (Lipinski definition) is 5. The van der Waals surface area contributed by atoms with Gasteiger partial charge in [-0.25, -0.2) is 0 Å². The molecule has 0 aliphatic rings. The van der Waals surface area contributed by atoms with Gasteiger partial charge in [0.1, 0.15) is 0 Å². The lowest BCUT2D eigenvalue weighted by molar-refractivity contribution is 0.0675. The topological polar surface area (TPSA) is 52.9 Å². The predicted octanol–water partition coefficient (Wildman–Crippen LogP) is 3.80. The first-order valence-electron chi connectivity index (χ1n) is 8.02. The highest BCUT2D eigenvalue weighted by Gasteiger charge is 2.19. The van der Waals surface area contributed by atoms with Crippen molar-refractivity contribution >= 4 is 12.3 Å². The van der Waals surface area contributed by atoms with E-state index in [1.807, 2.05) is 0 Å². The number of nitrogens with zero attached hydrogens (tertiary/aromatic N) is 1. The summed E-state index contributed by atoms with van der Waals surface area (Å²) in [6.45, 7) is 10.1. The highest BCUT2D eigenvalue weighted by Crippen LogP contribution is 2.16. The SMILES string of the molecule is CCCCN(CCCOSO)CC(CC)C(O)CCC. The minimum Gasteiger partial charge on any atom is -0.393 e. The minimum absolute atomic E-state index is 0.182. The Hall–Kier alpha value is 0.190. The molecule has 2 atom stereocenters. The van der Waals surface area contributed by atoms with Crippen LogP contribution < -0.4 is 0 Å². The van der Waals surface area contributed by atoms with Gasteiger partial charge in [-0.2, -0.15) is 0 Å². The molecule has 4 nitrogen and oxygen atoms in total. The van der Waals surface area contributed by atoms with Gasteiger partial charge in [-0.3, -0.25) is 4.18 Å². The van der Waals surface area contributed by atoms with Crippen molar-refractivity contribution in [2.75, 3.05) is 26.2 Å². The Kier molecular flexibility index (Phi) is 14.3. The Balaban J connectivity index is 4.20. The van der Waals surface area contributed by atoms with Crippen LogP contribution >= 0.6 is 12.3 Å². The summed E-state index contributed by atoms with van der Waals surface area (Å²) in [7, 11) is 0. The van der Waals surface area contributed by atoms with Crippen molar-refractivity contribution in [1.29, 1.82) is 0 Å². The molecule has 0 aliphatic heterocycles. The molecule has 0 spiro atoms. The van der Waals surface area contributed by atoms with Crippen molar-refractivity contribution in [1.82, 2.24) is 4.90 Å². The number of unbranched alkanes of at least 4 members (excludes halogenated alkanes) is 1. The molecule has 0 bridgehead atoms. The summed E-state index contributed by atoms with van der Waals surface area (Å²) in [4.78, 5) is 2.43. The quantitative estimate of drug-likeness (QED) is 0.377. The maximum atomic E-state index is 10.2. The van der Waals surface area contributed by atoms with Crippen LogP contribution in [-0.4, -0.2) is 46.9 Å². The first kappa shape index (κ1) is 20.2. The summed E-state index contributed by atoms with van der Waals surface area (Å²) in [6.07, 6.45) is 6.06. The number of aliphatic hydroxyl groups excluding tert-OH is 1. The van der Waals surface area contributed by atoms with Gasteiger partial charge < -0.3 is 14.6 Å². The Bertz CT molecular complexity index is 208. The molecular weight excluding hydrogens is 274 g/mol. The van der Waals surface area contributed by atoms with E-state index in [2.05, 4.69) is 25.7 Å². The van der Waals surface area contributed by atoms with Gasteiger partial charge >= 0.3 is 0 Å². The van der Waals surface area contributed by atoms with Crippen molar-refractivity contribution in [3.8, 4) is 0 Å². The summed E-state index contributed by atoms with van der Waals surface area (Å²) in [6, 6.07) is 0. The highest BCUT2D eigenvalue weighted by molar-refractivity contribution is 7.88. The number of aliphatic hydroxyl groups is 1. The molecule has 0 aliphatic carbocycles. The van der Waals surface area contributed by atoms with Gasteiger partial charge in [0, 0.05) is 13.1 Å². The second kappa shape index (κ2) is 14.1. The van der Waals surface area contributed by atoms with E-state index in [-0.39, 0.29) is 6.10 Å². The fraction of sp³-hybridized carbons (Fsp3) is 1.00. The smallest absolute Gasteiger partial charge is 0.155 e. The Morgan fingerprint density at radius 2 is 1.80 bits per heavy atom. The third-order valence-electron chi connectivity index (χ3n) is 3.73. The van der Waals surface area contributed by atoms with Gasteiger partial charge in [0.25, 0.3) is 0 Å². The monoisotopic (exact) mass is 307 g/mol. The second-order valence-corrected chi connectivity index (χ2v) is 5.81. The van der Waals surface area contributed by atoms with Gasteiger partial charge in [0.05, 0.1) is 12.7 Å². The van der Waals surface area contributed by atoms with E-state index < -0.39 is 0 Å². The molecular formula is C15H33NO3S. The van der Waals surface area contributed by atoms with Gasteiger partial charge in [-0.05, 0) is 38.1 Å². The molecule has 0 aromatic heterocycles. The molecule has 0 saturated heterocycles. The summed E-state index contributed by atoms with van der Waals surface area (Å²) in [5, 5.41) is 10.2. The molecule has 0 radical (unpaired) electrons. The summed E-state index contributed by atoms with van der Waals surface area (Å²) >= 11 is 0.443. The van der Waals surface area contributed by atoms with Crippen LogP contribution in [0.5, 0.6) is 0 Å². The maximum Gasteiger partial charge on any atom is 0.155 e. The van der Waals surface area contributed by atoms with Gasteiger partial charge in [0.15, 0.2) is 12.3 Å². The van der Waals surface area contributed by atoms with Crippen molar-refractivity contribution in [2.24, 2.45) is 5.92 Å². The van der Waals surface area contributed by atoms with E-state index in [1.54, 1.807) is 0 Å². The molecule has 0 saturated carbocycles. The Labute approximate surface area is 129 Å². The Morgan fingerprint density at radius 3 is 2.35 bits per heavy atom. The van der Waals surface area contributed by atoms with Crippen LogP contribution in [0.25, 0.3) is 0 Å². The fourth-order valence-electron chi connectivity index (χ4n) is 2.45. The van der Waals surface area contributed by atoms with Gasteiger partial charge in [0.2, 0.25) is 0 Å². The zero-order valence-corrected chi connectivity index (χ0v) is 14.2. The maximum absolute atomic E-state index is 10.2. The van der Waals surface area contributed by atoms with Crippen LogP contribution in [0.4, 0.5) is 0 Å². The lowest BCUT2D eigenvalue weighted by atomic mass is 9.95. The molecule has 5 heteroatoms. The zero-order valence-electron chi connectivity index (χ0n) is 13.4. The van der Waals surface area contributed by atoms with Crippen LogP contribution in [0.2, 0.25) is 0 Å². The van der Waals surface area contributed by atoms with E-state index in [4.69, 9.17) is 8.74 Å². The standard InChI is InChI=1S/C15H33NO3S/c1-4-7-10-16(11-8-12-19-20-18)13-14(6-3)15(17)9-5-2/h14-15,17-18H,4-13H2,1-3H3. The normalized spacial score (nSPS) is 14.7. The largest absolute Gasteiger partial charge is 0.393 e. The van der Waals surface area contributed by atoms with Gasteiger partial charge in [-0.1, -0.05) is 33.6 Å². The lowest BCUT2D eigenvalue weighted by Gasteiger charge is -2.29. The summed E-state index contributed by atoms with van der Waals surface area (Å²) in [5.41, 5.74) is 0. The van der Waals surface area contributed by atoms with Crippen molar-refractivity contribution in [3.05, 3.63) is 0 Å². The average molecular weight is 308 g/mol. The summed E-state index contributed by atoms with van der Waals surface area (Å²) in [5.74, 6) is 0.361. The molecule has 20 heavy (non-hydrogen) atoms. The third kappa shape index (κ3) is 10.00. The number of hydrogen-bond donors (Lipinski definition) is 2. The molecule has 122 valence electrons. The van der Waals surface area contributed by atoms with E-state index in [0.717, 1.165) is 45.3 Å². The highest BCUT2D eigenvalue weighted by atomic mass is 32.2. The van der Waals surface area contributed by atoms with Crippen molar-refractivity contribution in [2.45, 2.75) is 65.4 Å². The van der Waals surface area contributed by atoms with Crippen LogP contribution in [0.1, 0.15) is 59.3 Å². The minimum atomic E-state index is -0.182. The molecule has 0 heterocycles. The van der Waals surface area contributed by atoms with E-state index >= 15 is 0 Å². The molecule has 2 N–H and O–H groups in total. The van der Waals surface area contributed by atoms with Crippen LogP contribution in [-0.2, 0) is 4.18 Å². The van der Waals surface area contributed by atoms with E-state index in [1.165, 1.54) is 12.8 Å². The van der Waals surface area contributed by atoms with E-state index in [0.29, 0.717) is 24.8 Å². The second-order valence-electron chi connectivity index (χ2n) is 5.43. The lowest BCUT2D eigenvalue weighted by Crippen LogP contribution is -2.36. The van der Waals surface area contributed by atoms with Gasteiger partial charge in [-0.15, -0.1) is 0 Å². The molecule has 0 aromatic carbocycles. The Morgan fingerprint density at radius 1 is 1.10 bits per heavy atom. The average Bonchev–Trinajstić information content (AvgIpc) is 2.45. The van der Waals surface area contributed by atoms with E-state index in [9.17, 15) is 5.11 Å². The fourth-order valence-corrected chi connectivity index (χ4v) is 2.64. The molecule has 2 unspecified atom stereocenters. The first-order valence-corrected chi connectivity index (χ1v) is 8.72. The molecule has 0 fully saturated rings.